The van der Waals surface area contributed by atoms with Crippen LogP contribution in [0, 0.1) is 21.4 Å². The molecule has 0 unspecified atom stereocenters. The second kappa shape index (κ2) is 7.38. The van der Waals surface area contributed by atoms with Gasteiger partial charge in [-0.25, -0.2) is 0 Å². The van der Waals surface area contributed by atoms with Crippen molar-refractivity contribution in [2.45, 2.75) is 26.4 Å². The molecule has 0 saturated heterocycles. The first-order chi connectivity index (χ1) is 11.4. The Morgan fingerprint density at radius 1 is 1.25 bits per heavy atom. The maximum absolute atomic E-state index is 12.7. The number of nitriles is 1. The molecule has 2 rings (SSSR count). The summed E-state index contributed by atoms with van der Waals surface area (Å²) in [7, 11) is 0. The van der Waals surface area contributed by atoms with Crippen molar-refractivity contribution < 1.29 is 9.72 Å². The highest BCUT2D eigenvalue weighted by Crippen LogP contribution is 2.18. The number of benzene rings is 2. The number of nitro benzene ring substituents is 1. The lowest BCUT2D eigenvalue weighted by Crippen LogP contribution is -2.36. The Balaban J connectivity index is 2.26. The molecule has 2 aromatic rings. The summed E-state index contributed by atoms with van der Waals surface area (Å²) in [6.07, 6.45) is 0. The van der Waals surface area contributed by atoms with E-state index in [1.54, 1.807) is 35.2 Å². The van der Waals surface area contributed by atoms with Gasteiger partial charge in [0.25, 0.3) is 11.6 Å². The van der Waals surface area contributed by atoms with Crippen LogP contribution >= 0.6 is 0 Å². The lowest BCUT2D eigenvalue weighted by molar-refractivity contribution is -0.384. The number of amides is 1. The van der Waals surface area contributed by atoms with E-state index >= 15 is 0 Å². The largest absolute Gasteiger partial charge is 0.332 e. The zero-order valence-corrected chi connectivity index (χ0v) is 13.5. The fraction of sp³-hybridized carbons (Fsp3) is 0.222. The van der Waals surface area contributed by atoms with Gasteiger partial charge in [-0.1, -0.05) is 18.2 Å². The van der Waals surface area contributed by atoms with Crippen molar-refractivity contribution in [2.24, 2.45) is 0 Å². The topological polar surface area (TPSA) is 87.2 Å². The van der Waals surface area contributed by atoms with Crippen molar-refractivity contribution >= 4 is 11.6 Å². The van der Waals surface area contributed by atoms with Gasteiger partial charge in [0.05, 0.1) is 16.6 Å². The molecular weight excluding hydrogens is 306 g/mol. The fourth-order valence-corrected chi connectivity index (χ4v) is 2.29. The van der Waals surface area contributed by atoms with Crippen LogP contribution in [0.3, 0.4) is 0 Å². The van der Waals surface area contributed by atoms with Crippen LogP contribution in [0.15, 0.2) is 48.5 Å². The van der Waals surface area contributed by atoms with E-state index in [1.807, 2.05) is 13.8 Å². The third-order valence-electron chi connectivity index (χ3n) is 3.62. The number of carbonyl (C=O) groups excluding carboxylic acids is 1. The first-order valence-electron chi connectivity index (χ1n) is 7.47. The van der Waals surface area contributed by atoms with E-state index in [2.05, 4.69) is 6.07 Å². The summed E-state index contributed by atoms with van der Waals surface area (Å²) in [5.74, 6) is -0.266. The molecule has 122 valence electrons. The predicted octanol–water partition coefficient (Wildman–Crippen LogP) is 3.52. The highest BCUT2D eigenvalue weighted by Gasteiger charge is 2.21. The van der Waals surface area contributed by atoms with E-state index in [0.717, 1.165) is 5.56 Å². The predicted molar refractivity (Wildman–Crippen MR) is 89.3 cm³/mol. The van der Waals surface area contributed by atoms with Crippen molar-refractivity contribution in [3.8, 4) is 6.07 Å². The lowest BCUT2D eigenvalue weighted by Gasteiger charge is -2.27. The molecule has 0 atom stereocenters. The summed E-state index contributed by atoms with van der Waals surface area (Å²) in [6.45, 7) is 4.14. The molecule has 0 fully saturated rings. The first-order valence-corrected chi connectivity index (χ1v) is 7.47. The van der Waals surface area contributed by atoms with Gasteiger partial charge in [0.2, 0.25) is 0 Å². The molecule has 0 spiro atoms. The van der Waals surface area contributed by atoms with Gasteiger partial charge < -0.3 is 4.90 Å². The quantitative estimate of drug-likeness (QED) is 0.622. The monoisotopic (exact) mass is 323 g/mol. The molecular formula is C18H17N3O3. The summed E-state index contributed by atoms with van der Waals surface area (Å²) >= 11 is 0. The molecule has 0 N–H and O–H groups in total. The third-order valence-corrected chi connectivity index (χ3v) is 3.62. The minimum Gasteiger partial charge on any atom is -0.332 e. The Bertz CT molecular complexity index is 792. The number of nitrogens with zero attached hydrogens (tertiary/aromatic N) is 3. The van der Waals surface area contributed by atoms with E-state index in [-0.39, 0.29) is 23.2 Å². The van der Waals surface area contributed by atoms with Gasteiger partial charge in [-0.2, -0.15) is 5.26 Å². The van der Waals surface area contributed by atoms with Gasteiger partial charge in [-0.3, -0.25) is 14.9 Å². The van der Waals surface area contributed by atoms with Crippen molar-refractivity contribution in [1.82, 2.24) is 4.90 Å². The van der Waals surface area contributed by atoms with E-state index in [9.17, 15) is 14.9 Å². The summed E-state index contributed by atoms with van der Waals surface area (Å²) in [4.78, 5) is 24.7. The second-order valence-corrected chi connectivity index (χ2v) is 5.64. The highest BCUT2D eigenvalue weighted by atomic mass is 16.6. The molecule has 24 heavy (non-hydrogen) atoms. The Morgan fingerprint density at radius 2 is 1.92 bits per heavy atom. The molecule has 0 heterocycles. The molecule has 0 aromatic heterocycles. The Labute approximate surface area is 140 Å². The van der Waals surface area contributed by atoms with Gasteiger partial charge in [-0.05, 0) is 37.6 Å². The molecule has 6 heteroatoms. The number of hydrogen-bond acceptors (Lipinski definition) is 4. The standard InChI is InChI=1S/C18H17N3O3/c1-13(2)20(12-15-8-6-14(11-19)7-9-15)18(22)16-4-3-5-17(10-16)21(23)24/h3-10,13H,12H2,1-2H3. The smallest absolute Gasteiger partial charge is 0.270 e. The fourth-order valence-electron chi connectivity index (χ4n) is 2.29. The van der Waals surface area contributed by atoms with Crippen molar-refractivity contribution in [3.05, 3.63) is 75.3 Å². The normalized spacial score (nSPS) is 10.2. The molecule has 0 aliphatic heterocycles. The maximum Gasteiger partial charge on any atom is 0.270 e. The average Bonchev–Trinajstić information content (AvgIpc) is 2.59. The molecule has 0 aliphatic rings. The number of non-ortho nitro benzene ring substituents is 1. The molecule has 0 radical (unpaired) electrons. The van der Waals surface area contributed by atoms with Gasteiger partial charge in [-0.15, -0.1) is 0 Å². The van der Waals surface area contributed by atoms with Crippen LogP contribution in [-0.4, -0.2) is 21.8 Å². The number of carbonyl (C=O) groups is 1. The second-order valence-electron chi connectivity index (χ2n) is 5.64. The van der Waals surface area contributed by atoms with Crippen LogP contribution in [-0.2, 0) is 6.54 Å². The van der Waals surface area contributed by atoms with Gasteiger partial charge in [0, 0.05) is 30.3 Å². The number of rotatable bonds is 5. The Hall–Kier alpha value is -3.20. The van der Waals surface area contributed by atoms with Gasteiger partial charge in [0.15, 0.2) is 0 Å². The van der Waals surface area contributed by atoms with Gasteiger partial charge in [0.1, 0.15) is 0 Å². The minimum absolute atomic E-state index is 0.0765. The molecule has 6 nitrogen and oxygen atoms in total. The van der Waals surface area contributed by atoms with Crippen LogP contribution in [0.1, 0.15) is 35.3 Å². The van der Waals surface area contributed by atoms with Crippen molar-refractivity contribution in [2.75, 3.05) is 0 Å². The zero-order valence-electron chi connectivity index (χ0n) is 13.5. The van der Waals surface area contributed by atoms with E-state index in [4.69, 9.17) is 5.26 Å². The summed E-state index contributed by atoms with van der Waals surface area (Å²) in [6, 6.07) is 14.7. The Morgan fingerprint density at radius 3 is 2.46 bits per heavy atom. The van der Waals surface area contributed by atoms with Crippen LogP contribution < -0.4 is 0 Å². The maximum atomic E-state index is 12.7. The van der Waals surface area contributed by atoms with E-state index in [0.29, 0.717) is 12.1 Å². The third kappa shape index (κ3) is 3.96. The highest BCUT2D eigenvalue weighted by molar-refractivity contribution is 5.95. The molecule has 0 aliphatic carbocycles. The zero-order chi connectivity index (χ0) is 17.7. The molecule has 0 bridgehead atoms. The minimum atomic E-state index is -0.517. The summed E-state index contributed by atoms with van der Waals surface area (Å²) < 4.78 is 0. The van der Waals surface area contributed by atoms with Crippen LogP contribution in [0.5, 0.6) is 0 Å². The first kappa shape index (κ1) is 17.2. The average molecular weight is 323 g/mol. The Kier molecular flexibility index (Phi) is 5.27. The molecule has 1 amide bonds. The van der Waals surface area contributed by atoms with E-state index in [1.165, 1.54) is 18.2 Å². The van der Waals surface area contributed by atoms with Crippen molar-refractivity contribution in [3.63, 3.8) is 0 Å². The SMILES string of the molecule is CC(C)N(Cc1ccc(C#N)cc1)C(=O)c1cccc([N+](=O)[O-])c1. The summed E-state index contributed by atoms with van der Waals surface area (Å²) in [5, 5.41) is 19.7. The van der Waals surface area contributed by atoms with Gasteiger partial charge >= 0.3 is 0 Å². The lowest BCUT2D eigenvalue weighted by atomic mass is 10.1. The van der Waals surface area contributed by atoms with Crippen LogP contribution in [0.25, 0.3) is 0 Å². The van der Waals surface area contributed by atoms with Crippen LogP contribution in [0.2, 0.25) is 0 Å². The van der Waals surface area contributed by atoms with Crippen LogP contribution in [0.4, 0.5) is 5.69 Å². The van der Waals surface area contributed by atoms with Crippen molar-refractivity contribution in [1.29, 1.82) is 5.26 Å². The summed E-state index contributed by atoms with van der Waals surface area (Å²) in [5.41, 5.74) is 1.62. The number of nitro groups is 1. The van der Waals surface area contributed by atoms with E-state index < -0.39 is 4.92 Å². The molecule has 0 saturated carbocycles. The molecule has 2 aromatic carbocycles. The number of hydrogen-bond donors (Lipinski definition) is 0.